The van der Waals surface area contributed by atoms with Crippen LogP contribution >= 0.6 is 0 Å². The summed E-state index contributed by atoms with van der Waals surface area (Å²) < 4.78 is 0. The zero-order chi connectivity index (χ0) is 28.9. The van der Waals surface area contributed by atoms with E-state index >= 15 is 0 Å². The first kappa shape index (κ1) is 32.2. The Balaban J connectivity index is 1.94. The van der Waals surface area contributed by atoms with Gasteiger partial charge in [-0.3, -0.25) is 14.5 Å². The number of amides is 2. The first-order valence-electron chi connectivity index (χ1n) is 14.4. The Labute approximate surface area is 233 Å². The molecular weight excluding hydrogens is 470 g/mol. The minimum Gasteiger partial charge on any atom is -0.329 e. The topological polar surface area (TPSA) is 75.4 Å². The molecule has 0 aliphatic carbocycles. The van der Waals surface area contributed by atoms with Gasteiger partial charge in [-0.05, 0) is 58.5 Å². The molecule has 1 aliphatic rings. The molecule has 0 radical (unpaired) electrons. The van der Waals surface area contributed by atoms with Crippen LogP contribution in [0.1, 0.15) is 99.1 Å². The fourth-order valence-electron chi connectivity index (χ4n) is 5.96. The number of nitrogens with two attached hydrogens (primary N) is 1. The molecule has 1 aromatic rings. The van der Waals surface area contributed by atoms with Crippen molar-refractivity contribution >= 4 is 11.8 Å². The van der Waals surface area contributed by atoms with Crippen molar-refractivity contribution in [3.63, 3.8) is 0 Å². The van der Waals surface area contributed by atoms with Crippen molar-refractivity contribution in [2.24, 2.45) is 33.3 Å². The summed E-state index contributed by atoms with van der Waals surface area (Å²) in [6.07, 6.45) is 3.65. The fraction of sp³-hybridized carbons (Fsp3) is 0.697. The summed E-state index contributed by atoms with van der Waals surface area (Å²) in [6.45, 7) is 27.9. The van der Waals surface area contributed by atoms with Crippen LogP contribution in [0.2, 0.25) is 0 Å². The Kier molecular flexibility index (Phi) is 10.6. The van der Waals surface area contributed by atoms with Gasteiger partial charge < -0.3 is 11.1 Å². The van der Waals surface area contributed by atoms with Crippen LogP contribution in [-0.2, 0) is 22.6 Å². The summed E-state index contributed by atoms with van der Waals surface area (Å²) in [6, 6.07) is 8.33. The lowest BCUT2D eigenvalue weighted by atomic mass is 9.59. The van der Waals surface area contributed by atoms with Crippen molar-refractivity contribution in [3.05, 3.63) is 47.5 Å². The molecular formula is C33H55N3O2. The lowest BCUT2D eigenvalue weighted by Crippen LogP contribution is -2.37. The monoisotopic (exact) mass is 525 g/mol. The minimum atomic E-state index is -0.292. The van der Waals surface area contributed by atoms with Gasteiger partial charge in [0.25, 0.3) is 0 Å². The number of nitrogens with zero attached hydrogens (tertiary/aromatic N) is 1. The number of imide groups is 1. The lowest BCUT2D eigenvalue weighted by molar-refractivity contribution is -0.139. The Bertz CT molecular complexity index is 967. The van der Waals surface area contributed by atoms with Crippen molar-refractivity contribution in [2.75, 3.05) is 19.6 Å². The summed E-state index contributed by atoms with van der Waals surface area (Å²) >= 11 is 0. The van der Waals surface area contributed by atoms with Crippen molar-refractivity contribution < 1.29 is 9.59 Å². The van der Waals surface area contributed by atoms with Gasteiger partial charge in [0.2, 0.25) is 11.8 Å². The standard InChI is InChI=1S/C33H55N3O2/c1-24(32(7,8)22-31(5,6)23-33(9,10)30(2,3)4)19-27-20-28(37)36(29(27)38)18-15-25-11-13-26(14-12-25)21-35-17-16-34/h11-14,27,35H,1,15-23,34H2,2-10H3. The highest BCUT2D eigenvalue weighted by atomic mass is 16.2. The maximum absolute atomic E-state index is 13.2. The minimum absolute atomic E-state index is 0.0392. The second-order valence-electron chi connectivity index (χ2n) is 14.7. The third-order valence-corrected chi connectivity index (χ3v) is 8.96. The van der Waals surface area contributed by atoms with Crippen LogP contribution in [0.4, 0.5) is 0 Å². The fourth-order valence-corrected chi connectivity index (χ4v) is 5.96. The quantitative estimate of drug-likeness (QED) is 0.165. The van der Waals surface area contributed by atoms with Gasteiger partial charge in [0, 0.05) is 32.6 Å². The van der Waals surface area contributed by atoms with E-state index in [0.717, 1.165) is 37.1 Å². The molecule has 0 spiro atoms. The first-order chi connectivity index (χ1) is 17.4. The average molecular weight is 526 g/mol. The third-order valence-electron chi connectivity index (χ3n) is 8.96. The van der Waals surface area contributed by atoms with E-state index in [-0.39, 0.29) is 39.4 Å². The van der Waals surface area contributed by atoms with Gasteiger partial charge in [0.1, 0.15) is 0 Å². The maximum atomic E-state index is 13.2. The highest BCUT2D eigenvalue weighted by Crippen LogP contribution is 2.51. The number of benzene rings is 1. The molecule has 5 heteroatoms. The highest BCUT2D eigenvalue weighted by molar-refractivity contribution is 6.03. The van der Waals surface area contributed by atoms with Gasteiger partial charge in [-0.1, -0.05) is 98.7 Å². The molecule has 2 amide bonds. The van der Waals surface area contributed by atoms with E-state index in [4.69, 9.17) is 5.73 Å². The number of likely N-dealkylation sites (tertiary alicyclic amines) is 1. The smallest absolute Gasteiger partial charge is 0.233 e. The molecule has 0 bridgehead atoms. The molecule has 1 aromatic carbocycles. The van der Waals surface area contributed by atoms with Crippen LogP contribution in [0, 0.1) is 27.6 Å². The summed E-state index contributed by atoms with van der Waals surface area (Å²) in [5, 5.41) is 3.29. The van der Waals surface area contributed by atoms with E-state index in [0.29, 0.717) is 32.4 Å². The first-order valence-corrected chi connectivity index (χ1v) is 14.4. The number of rotatable bonds is 14. The molecule has 38 heavy (non-hydrogen) atoms. The summed E-state index contributed by atoms with van der Waals surface area (Å²) in [7, 11) is 0. The highest BCUT2D eigenvalue weighted by Gasteiger charge is 2.43. The van der Waals surface area contributed by atoms with Crippen molar-refractivity contribution in [1.82, 2.24) is 10.2 Å². The second-order valence-corrected chi connectivity index (χ2v) is 14.7. The van der Waals surface area contributed by atoms with E-state index < -0.39 is 0 Å². The Hall–Kier alpha value is -1.98. The van der Waals surface area contributed by atoms with Gasteiger partial charge in [-0.2, -0.15) is 0 Å². The van der Waals surface area contributed by atoms with Crippen LogP contribution < -0.4 is 11.1 Å². The Morgan fingerprint density at radius 3 is 2.11 bits per heavy atom. The van der Waals surface area contributed by atoms with Crippen molar-refractivity contribution in [2.45, 2.75) is 101 Å². The largest absolute Gasteiger partial charge is 0.329 e. The van der Waals surface area contributed by atoms with Crippen molar-refractivity contribution in [1.29, 1.82) is 0 Å². The number of nitrogens with one attached hydrogen (secondary N) is 1. The summed E-state index contributed by atoms with van der Waals surface area (Å²) in [4.78, 5) is 27.5. The molecule has 1 heterocycles. The van der Waals surface area contributed by atoms with Gasteiger partial charge in [-0.15, -0.1) is 0 Å². The average Bonchev–Trinajstić information content (AvgIpc) is 3.03. The number of carbonyl (C=O) groups is 2. The van der Waals surface area contributed by atoms with Gasteiger partial charge >= 0.3 is 0 Å². The summed E-state index contributed by atoms with van der Waals surface area (Å²) in [5.74, 6) is -0.387. The molecule has 2 rings (SSSR count). The number of carbonyl (C=O) groups excluding carboxylic acids is 2. The van der Waals surface area contributed by atoms with Gasteiger partial charge in [-0.25, -0.2) is 0 Å². The zero-order valence-corrected chi connectivity index (χ0v) is 25.8. The molecule has 0 saturated carbocycles. The van der Waals surface area contributed by atoms with Crippen LogP contribution in [-0.4, -0.2) is 36.3 Å². The molecule has 1 atom stereocenters. The van der Waals surface area contributed by atoms with Crippen molar-refractivity contribution in [3.8, 4) is 0 Å². The molecule has 5 nitrogen and oxygen atoms in total. The number of allylic oxidation sites excluding steroid dienone is 1. The molecule has 1 saturated heterocycles. The number of hydrogen-bond acceptors (Lipinski definition) is 4. The summed E-state index contributed by atoms with van der Waals surface area (Å²) in [5.41, 5.74) is 9.35. The Morgan fingerprint density at radius 1 is 0.974 bits per heavy atom. The Morgan fingerprint density at radius 2 is 1.55 bits per heavy atom. The van der Waals surface area contributed by atoms with E-state index in [1.54, 1.807) is 0 Å². The number of hydrogen-bond donors (Lipinski definition) is 2. The van der Waals surface area contributed by atoms with Crippen LogP contribution in [0.25, 0.3) is 0 Å². The molecule has 214 valence electrons. The van der Waals surface area contributed by atoms with E-state index in [1.165, 1.54) is 10.5 Å². The van der Waals surface area contributed by atoms with Crippen LogP contribution in [0.5, 0.6) is 0 Å². The lowest BCUT2D eigenvalue weighted by Gasteiger charge is -2.46. The van der Waals surface area contributed by atoms with Crippen LogP contribution in [0.15, 0.2) is 36.4 Å². The van der Waals surface area contributed by atoms with Gasteiger partial charge in [0.15, 0.2) is 0 Å². The van der Waals surface area contributed by atoms with E-state index in [9.17, 15) is 9.59 Å². The van der Waals surface area contributed by atoms with Crippen LogP contribution in [0.3, 0.4) is 0 Å². The maximum Gasteiger partial charge on any atom is 0.233 e. The van der Waals surface area contributed by atoms with Gasteiger partial charge in [0.05, 0.1) is 5.92 Å². The third kappa shape index (κ3) is 8.77. The van der Waals surface area contributed by atoms with E-state index in [1.807, 2.05) is 0 Å². The SMILES string of the molecule is C=C(CC1CC(=O)N(CCc2ccc(CNCCN)cc2)C1=O)C(C)(C)CC(C)(C)CC(C)(C)C(C)(C)C. The molecule has 1 aliphatic heterocycles. The normalized spacial score (nSPS) is 17.4. The van der Waals surface area contributed by atoms with E-state index in [2.05, 4.69) is 98.5 Å². The molecule has 3 N–H and O–H groups in total. The molecule has 1 fully saturated rings. The molecule has 1 unspecified atom stereocenters. The predicted molar refractivity (Wildman–Crippen MR) is 160 cm³/mol. The predicted octanol–water partition coefficient (Wildman–Crippen LogP) is 6.50. The second kappa shape index (κ2) is 12.5. The molecule has 0 aromatic heterocycles. The zero-order valence-electron chi connectivity index (χ0n) is 25.8.